The summed E-state index contributed by atoms with van der Waals surface area (Å²) < 4.78 is 0. The highest BCUT2D eigenvalue weighted by Crippen LogP contribution is 2.28. The van der Waals surface area contributed by atoms with Gasteiger partial charge in [0.2, 0.25) is 0 Å². The number of anilines is 1. The van der Waals surface area contributed by atoms with E-state index in [1.165, 1.54) is 16.8 Å². The van der Waals surface area contributed by atoms with Crippen molar-refractivity contribution in [3.8, 4) is 11.1 Å². The smallest absolute Gasteiger partial charge is 0.251 e. The van der Waals surface area contributed by atoms with Gasteiger partial charge in [-0.15, -0.1) is 0 Å². The third-order valence-corrected chi connectivity index (χ3v) is 4.47. The normalized spacial score (nSPS) is 12.3. The van der Waals surface area contributed by atoms with Crippen LogP contribution in [0.4, 0.5) is 5.69 Å². The molecule has 0 unspecified atom stereocenters. The molecule has 124 valence electrons. The van der Waals surface area contributed by atoms with Crippen LogP contribution in [0.1, 0.15) is 21.5 Å². The summed E-state index contributed by atoms with van der Waals surface area (Å²) in [6.45, 7) is 1.49. The first-order valence-corrected chi connectivity index (χ1v) is 8.44. The molecule has 0 bridgehead atoms. The lowest BCUT2D eigenvalue weighted by Gasteiger charge is -2.08. The van der Waals surface area contributed by atoms with Gasteiger partial charge in [-0.3, -0.25) is 9.78 Å². The van der Waals surface area contributed by atoms with Crippen molar-refractivity contribution in [2.24, 2.45) is 0 Å². The number of nitrogens with zero attached hydrogens (tertiary/aromatic N) is 1. The van der Waals surface area contributed by atoms with Gasteiger partial charge in [0, 0.05) is 36.7 Å². The lowest BCUT2D eigenvalue weighted by atomic mass is 10.0. The molecule has 0 saturated carbocycles. The largest absolute Gasteiger partial charge is 0.384 e. The fourth-order valence-corrected chi connectivity index (χ4v) is 3.09. The first kappa shape index (κ1) is 15.4. The first-order chi connectivity index (χ1) is 12.3. The van der Waals surface area contributed by atoms with E-state index in [2.05, 4.69) is 33.8 Å². The summed E-state index contributed by atoms with van der Waals surface area (Å²) in [5.41, 5.74) is 6.55. The van der Waals surface area contributed by atoms with E-state index in [9.17, 15) is 4.79 Å². The molecule has 4 nitrogen and oxygen atoms in total. The summed E-state index contributed by atoms with van der Waals surface area (Å²) >= 11 is 0. The van der Waals surface area contributed by atoms with Crippen LogP contribution >= 0.6 is 0 Å². The fourth-order valence-electron chi connectivity index (χ4n) is 3.09. The number of pyridine rings is 1. The molecule has 3 aromatic rings. The van der Waals surface area contributed by atoms with Crippen LogP contribution in [0.2, 0.25) is 0 Å². The number of amides is 1. The summed E-state index contributed by atoms with van der Waals surface area (Å²) in [4.78, 5) is 16.3. The van der Waals surface area contributed by atoms with E-state index in [0.29, 0.717) is 12.1 Å². The maximum absolute atomic E-state index is 12.3. The number of carbonyl (C=O) groups excluding carboxylic acids is 1. The molecule has 0 aliphatic carbocycles. The minimum absolute atomic E-state index is 0.0754. The second kappa shape index (κ2) is 6.77. The van der Waals surface area contributed by atoms with Crippen LogP contribution in [0.25, 0.3) is 11.1 Å². The van der Waals surface area contributed by atoms with E-state index < -0.39 is 0 Å². The van der Waals surface area contributed by atoms with Gasteiger partial charge in [-0.05, 0) is 59.0 Å². The maximum Gasteiger partial charge on any atom is 0.251 e. The molecular weight excluding hydrogens is 310 g/mol. The van der Waals surface area contributed by atoms with E-state index in [0.717, 1.165) is 24.1 Å². The Kier molecular flexibility index (Phi) is 4.17. The van der Waals surface area contributed by atoms with E-state index in [1.807, 2.05) is 36.4 Å². The lowest BCUT2D eigenvalue weighted by Crippen LogP contribution is -2.22. The first-order valence-electron chi connectivity index (χ1n) is 8.44. The molecule has 2 aromatic carbocycles. The quantitative estimate of drug-likeness (QED) is 0.768. The number of carbonyl (C=O) groups is 1. The molecule has 1 aliphatic heterocycles. The standard InChI is InChI=1S/C21H19N3O/c25-21(24-14-15-2-1-10-22-13-15)17-5-3-16(4-6-17)18-7-8-20-19(12-18)9-11-23-20/h1-8,10,12-13,23H,9,11,14H2,(H,24,25). The topological polar surface area (TPSA) is 54.0 Å². The van der Waals surface area contributed by atoms with Gasteiger partial charge in [0.25, 0.3) is 5.91 Å². The highest BCUT2D eigenvalue weighted by molar-refractivity contribution is 5.94. The number of benzene rings is 2. The molecule has 1 aromatic heterocycles. The maximum atomic E-state index is 12.3. The van der Waals surface area contributed by atoms with Gasteiger partial charge in [0.05, 0.1) is 0 Å². The van der Waals surface area contributed by atoms with Crippen LogP contribution in [0.15, 0.2) is 67.0 Å². The molecule has 0 radical (unpaired) electrons. The second-order valence-corrected chi connectivity index (χ2v) is 6.17. The Morgan fingerprint density at radius 2 is 1.92 bits per heavy atom. The Morgan fingerprint density at radius 3 is 2.72 bits per heavy atom. The van der Waals surface area contributed by atoms with Crippen LogP contribution in [0.3, 0.4) is 0 Å². The molecule has 0 saturated heterocycles. The van der Waals surface area contributed by atoms with Gasteiger partial charge in [-0.2, -0.15) is 0 Å². The van der Waals surface area contributed by atoms with Gasteiger partial charge >= 0.3 is 0 Å². The van der Waals surface area contributed by atoms with E-state index >= 15 is 0 Å². The molecule has 4 rings (SSSR count). The summed E-state index contributed by atoms with van der Waals surface area (Å²) in [6, 6.07) is 18.0. The Morgan fingerprint density at radius 1 is 1.08 bits per heavy atom. The average Bonchev–Trinajstić information content (AvgIpc) is 3.15. The van der Waals surface area contributed by atoms with Crippen molar-refractivity contribution in [1.82, 2.24) is 10.3 Å². The molecular formula is C21H19N3O. The van der Waals surface area contributed by atoms with Crippen molar-refractivity contribution in [1.29, 1.82) is 0 Å². The van der Waals surface area contributed by atoms with Crippen molar-refractivity contribution in [2.75, 3.05) is 11.9 Å². The van der Waals surface area contributed by atoms with Crippen molar-refractivity contribution in [2.45, 2.75) is 13.0 Å². The van der Waals surface area contributed by atoms with Crippen molar-refractivity contribution < 1.29 is 4.79 Å². The minimum atomic E-state index is -0.0754. The lowest BCUT2D eigenvalue weighted by molar-refractivity contribution is 0.0951. The van der Waals surface area contributed by atoms with Crippen LogP contribution in [0, 0.1) is 0 Å². The van der Waals surface area contributed by atoms with Crippen LogP contribution in [-0.4, -0.2) is 17.4 Å². The van der Waals surface area contributed by atoms with Gasteiger partial charge < -0.3 is 10.6 Å². The van der Waals surface area contributed by atoms with Crippen molar-refractivity contribution in [3.05, 3.63) is 83.7 Å². The number of hydrogen-bond donors (Lipinski definition) is 2. The molecule has 2 heterocycles. The molecule has 1 aliphatic rings. The number of nitrogens with one attached hydrogen (secondary N) is 2. The number of aromatic nitrogens is 1. The van der Waals surface area contributed by atoms with Gasteiger partial charge in [-0.25, -0.2) is 0 Å². The van der Waals surface area contributed by atoms with E-state index in [4.69, 9.17) is 0 Å². The number of fused-ring (bicyclic) bond motifs is 1. The van der Waals surface area contributed by atoms with E-state index in [1.54, 1.807) is 12.4 Å². The van der Waals surface area contributed by atoms with Crippen LogP contribution in [-0.2, 0) is 13.0 Å². The van der Waals surface area contributed by atoms with Crippen LogP contribution in [0.5, 0.6) is 0 Å². The highest BCUT2D eigenvalue weighted by atomic mass is 16.1. The molecule has 4 heteroatoms. The minimum Gasteiger partial charge on any atom is -0.384 e. The molecule has 2 N–H and O–H groups in total. The summed E-state index contributed by atoms with van der Waals surface area (Å²) in [7, 11) is 0. The summed E-state index contributed by atoms with van der Waals surface area (Å²) in [5.74, 6) is -0.0754. The Hall–Kier alpha value is -3.14. The molecule has 1 amide bonds. The Balaban J connectivity index is 1.45. The molecule has 25 heavy (non-hydrogen) atoms. The monoisotopic (exact) mass is 329 g/mol. The van der Waals surface area contributed by atoms with E-state index in [-0.39, 0.29) is 5.91 Å². The molecule has 0 fully saturated rings. The zero-order valence-electron chi connectivity index (χ0n) is 13.8. The predicted octanol–water partition coefficient (Wildman–Crippen LogP) is 3.65. The van der Waals surface area contributed by atoms with Gasteiger partial charge in [0.15, 0.2) is 0 Å². The van der Waals surface area contributed by atoms with Crippen molar-refractivity contribution in [3.63, 3.8) is 0 Å². The SMILES string of the molecule is O=C(NCc1cccnc1)c1ccc(-c2ccc3c(c2)CCN3)cc1. The number of rotatable bonds is 4. The molecule has 0 spiro atoms. The fraction of sp³-hybridized carbons (Fsp3) is 0.143. The van der Waals surface area contributed by atoms with Gasteiger partial charge in [0.1, 0.15) is 0 Å². The average molecular weight is 329 g/mol. The Labute approximate surface area is 146 Å². The molecule has 0 atom stereocenters. The third-order valence-electron chi connectivity index (χ3n) is 4.47. The highest BCUT2D eigenvalue weighted by Gasteiger charge is 2.11. The summed E-state index contributed by atoms with van der Waals surface area (Å²) in [5, 5.41) is 6.29. The number of hydrogen-bond acceptors (Lipinski definition) is 3. The predicted molar refractivity (Wildman–Crippen MR) is 99.5 cm³/mol. The third kappa shape index (κ3) is 3.38. The second-order valence-electron chi connectivity index (χ2n) is 6.17. The van der Waals surface area contributed by atoms with Crippen LogP contribution < -0.4 is 10.6 Å². The zero-order chi connectivity index (χ0) is 17.1. The van der Waals surface area contributed by atoms with Gasteiger partial charge in [-0.1, -0.05) is 24.3 Å². The summed E-state index contributed by atoms with van der Waals surface area (Å²) in [6.07, 6.45) is 4.54. The van der Waals surface area contributed by atoms with Crippen molar-refractivity contribution >= 4 is 11.6 Å². The zero-order valence-corrected chi connectivity index (χ0v) is 13.8. The Bertz CT molecular complexity index is 889.